The van der Waals surface area contributed by atoms with Gasteiger partial charge in [0.2, 0.25) is 5.91 Å². The molecule has 5 nitrogen and oxygen atoms in total. The molecule has 0 spiro atoms. The first-order valence-electron chi connectivity index (χ1n) is 5.75. The molecule has 0 aliphatic carbocycles. The van der Waals surface area contributed by atoms with Crippen molar-refractivity contribution < 1.29 is 14.0 Å². The highest BCUT2D eigenvalue weighted by molar-refractivity contribution is 6.02. The first-order valence-corrected chi connectivity index (χ1v) is 5.75. The third kappa shape index (κ3) is 2.82. The summed E-state index contributed by atoms with van der Waals surface area (Å²) in [6.07, 6.45) is 0. The molecule has 3 N–H and O–H groups in total. The van der Waals surface area contributed by atoms with Crippen molar-refractivity contribution in [1.82, 2.24) is 5.32 Å². The predicted molar refractivity (Wildman–Crippen MR) is 71.4 cm³/mol. The Bertz CT molecular complexity index is 644. The first-order chi connectivity index (χ1) is 8.97. The van der Waals surface area contributed by atoms with Crippen LogP contribution in [0.5, 0.6) is 0 Å². The molecule has 0 aliphatic rings. The summed E-state index contributed by atoms with van der Waals surface area (Å²) in [5.74, 6) is -0.353. The van der Waals surface area contributed by atoms with Crippen LogP contribution in [0.2, 0.25) is 0 Å². The molecule has 2 rings (SSSR count). The molecular formula is C14H14N2O3. The van der Waals surface area contributed by atoms with E-state index < -0.39 is 11.8 Å². The summed E-state index contributed by atoms with van der Waals surface area (Å²) in [7, 11) is 0. The predicted octanol–water partition coefficient (Wildman–Crippen LogP) is 2.11. The van der Waals surface area contributed by atoms with Gasteiger partial charge in [-0.15, -0.1) is 0 Å². The van der Waals surface area contributed by atoms with Crippen LogP contribution in [0.3, 0.4) is 0 Å². The van der Waals surface area contributed by atoms with Gasteiger partial charge in [-0.1, -0.05) is 6.07 Å². The lowest BCUT2D eigenvalue weighted by Gasteiger charge is -2.03. The number of anilines is 1. The lowest BCUT2D eigenvalue weighted by Crippen LogP contribution is -2.27. The zero-order chi connectivity index (χ0) is 14.0. The van der Waals surface area contributed by atoms with Crippen LogP contribution in [-0.2, 0) is 4.79 Å². The second-order valence-corrected chi connectivity index (χ2v) is 4.25. The van der Waals surface area contributed by atoms with Crippen LogP contribution < -0.4 is 11.1 Å². The van der Waals surface area contributed by atoms with E-state index in [1.165, 1.54) is 13.0 Å². The van der Waals surface area contributed by atoms with Crippen LogP contribution in [-0.4, -0.2) is 11.8 Å². The minimum Gasteiger partial charge on any atom is -0.451 e. The van der Waals surface area contributed by atoms with E-state index in [2.05, 4.69) is 5.32 Å². The minimum absolute atomic E-state index is 0.0898. The van der Waals surface area contributed by atoms with Gasteiger partial charge in [-0.05, 0) is 36.8 Å². The number of hydrogen-bond donors (Lipinski definition) is 2. The van der Waals surface area contributed by atoms with E-state index in [4.69, 9.17) is 10.2 Å². The van der Waals surface area contributed by atoms with Crippen molar-refractivity contribution in [1.29, 1.82) is 0 Å². The number of nitrogens with two attached hydrogens (primary N) is 1. The number of carbonyl (C=O) groups excluding carboxylic acids is 2. The summed E-state index contributed by atoms with van der Waals surface area (Å²) in [6.45, 7) is 3.19. The van der Waals surface area contributed by atoms with Crippen LogP contribution in [0.25, 0.3) is 11.3 Å². The number of carbonyl (C=O) groups is 2. The molecule has 2 aromatic rings. The zero-order valence-corrected chi connectivity index (χ0v) is 10.7. The Labute approximate surface area is 110 Å². The fraction of sp³-hybridized carbons (Fsp3) is 0.143. The number of furan rings is 1. The number of benzene rings is 1. The lowest BCUT2D eigenvalue weighted by molar-refractivity contribution is -0.118. The molecule has 0 saturated carbocycles. The van der Waals surface area contributed by atoms with Gasteiger partial charge < -0.3 is 10.2 Å². The summed E-state index contributed by atoms with van der Waals surface area (Å²) < 4.78 is 5.45. The Kier molecular flexibility index (Phi) is 3.37. The van der Waals surface area contributed by atoms with E-state index in [1.807, 2.05) is 13.0 Å². The number of aryl methyl sites for hydroxylation is 1. The molecule has 5 heteroatoms. The average molecular weight is 258 g/mol. The molecule has 0 saturated heterocycles. The summed E-state index contributed by atoms with van der Waals surface area (Å²) in [4.78, 5) is 22.4. The topological polar surface area (TPSA) is 85.3 Å². The fourth-order valence-electron chi connectivity index (χ4n) is 1.73. The Morgan fingerprint density at radius 3 is 2.63 bits per heavy atom. The van der Waals surface area contributed by atoms with Crippen LogP contribution in [0.1, 0.15) is 23.0 Å². The number of hydrogen-bond acceptors (Lipinski definition) is 4. The molecule has 1 aromatic heterocycles. The number of amides is 2. The highest BCUT2D eigenvalue weighted by Gasteiger charge is 2.14. The largest absolute Gasteiger partial charge is 0.451 e. The Hall–Kier alpha value is -2.56. The van der Waals surface area contributed by atoms with Gasteiger partial charge in [0.15, 0.2) is 5.76 Å². The molecular weight excluding hydrogens is 244 g/mol. The van der Waals surface area contributed by atoms with Crippen molar-refractivity contribution in [3.63, 3.8) is 0 Å². The molecule has 2 amide bonds. The van der Waals surface area contributed by atoms with E-state index in [0.29, 0.717) is 11.4 Å². The number of rotatable bonds is 2. The second-order valence-electron chi connectivity index (χ2n) is 4.25. The second kappa shape index (κ2) is 4.97. The monoisotopic (exact) mass is 258 g/mol. The van der Waals surface area contributed by atoms with Gasteiger partial charge in [0.25, 0.3) is 5.91 Å². The SMILES string of the molecule is CC(=O)NC(=O)c1ccc(-c2cc(N)ccc2C)o1. The fourth-order valence-corrected chi connectivity index (χ4v) is 1.73. The van der Waals surface area contributed by atoms with E-state index in [0.717, 1.165) is 11.1 Å². The van der Waals surface area contributed by atoms with Crippen molar-refractivity contribution in [2.24, 2.45) is 0 Å². The van der Waals surface area contributed by atoms with E-state index in [1.54, 1.807) is 18.2 Å². The van der Waals surface area contributed by atoms with Crippen molar-refractivity contribution in [3.05, 3.63) is 41.7 Å². The summed E-state index contributed by atoms with van der Waals surface area (Å²) >= 11 is 0. The maximum atomic E-state index is 11.6. The van der Waals surface area contributed by atoms with Crippen LogP contribution in [0.4, 0.5) is 5.69 Å². The molecule has 1 aromatic carbocycles. The number of imide groups is 1. The quantitative estimate of drug-likeness (QED) is 0.808. The van der Waals surface area contributed by atoms with Crippen molar-refractivity contribution in [3.8, 4) is 11.3 Å². The smallest absolute Gasteiger partial charge is 0.293 e. The molecule has 0 aliphatic heterocycles. The zero-order valence-electron chi connectivity index (χ0n) is 10.7. The molecule has 0 atom stereocenters. The number of nitrogen functional groups attached to an aromatic ring is 1. The van der Waals surface area contributed by atoms with Crippen molar-refractivity contribution in [2.45, 2.75) is 13.8 Å². The molecule has 1 heterocycles. The van der Waals surface area contributed by atoms with Crippen molar-refractivity contribution in [2.75, 3.05) is 5.73 Å². The van der Waals surface area contributed by atoms with Crippen LogP contribution in [0.15, 0.2) is 34.7 Å². The summed E-state index contributed by atoms with van der Waals surface area (Å²) in [5.41, 5.74) is 8.16. The van der Waals surface area contributed by atoms with E-state index >= 15 is 0 Å². The third-order valence-corrected chi connectivity index (χ3v) is 2.65. The summed E-state index contributed by atoms with van der Waals surface area (Å²) in [5, 5.41) is 2.15. The van der Waals surface area contributed by atoms with Gasteiger partial charge >= 0.3 is 0 Å². The highest BCUT2D eigenvalue weighted by Crippen LogP contribution is 2.27. The van der Waals surface area contributed by atoms with Crippen molar-refractivity contribution >= 4 is 17.5 Å². The normalized spacial score (nSPS) is 10.2. The van der Waals surface area contributed by atoms with E-state index in [-0.39, 0.29) is 5.76 Å². The first kappa shape index (κ1) is 12.9. The van der Waals surface area contributed by atoms with Gasteiger partial charge in [-0.3, -0.25) is 14.9 Å². The molecule has 0 bridgehead atoms. The average Bonchev–Trinajstić information content (AvgIpc) is 2.80. The molecule has 0 fully saturated rings. The van der Waals surface area contributed by atoms with Crippen LogP contribution in [0, 0.1) is 6.92 Å². The molecule has 98 valence electrons. The van der Waals surface area contributed by atoms with Gasteiger partial charge in [0, 0.05) is 18.2 Å². The maximum absolute atomic E-state index is 11.6. The minimum atomic E-state index is -0.555. The molecule has 0 unspecified atom stereocenters. The number of nitrogens with one attached hydrogen (secondary N) is 1. The Morgan fingerprint density at radius 2 is 1.95 bits per heavy atom. The lowest BCUT2D eigenvalue weighted by atomic mass is 10.1. The summed E-state index contributed by atoms with van der Waals surface area (Å²) in [6, 6.07) is 8.65. The van der Waals surface area contributed by atoms with Gasteiger partial charge in [0.05, 0.1) is 0 Å². The van der Waals surface area contributed by atoms with Gasteiger partial charge in [0.1, 0.15) is 5.76 Å². The highest BCUT2D eigenvalue weighted by atomic mass is 16.4. The van der Waals surface area contributed by atoms with Gasteiger partial charge in [-0.25, -0.2) is 0 Å². The van der Waals surface area contributed by atoms with E-state index in [9.17, 15) is 9.59 Å². The third-order valence-electron chi connectivity index (χ3n) is 2.65. The Morgan fingerprint density at radius 1 is 1.21 bits per heavy atom. The standard InChI is InChI=1S/C14H14N2O3/c1-8-3-4-10(15)7-11(8)12-5-6-13(19-12)14(18)16-9(2)17/h3-7H,15H2,1-2H3,(H,16,17,18). The molecule has 0 radical (unpaired) electrons. The Balaban J connectivity index is 2.33. The van der Waals surface area contributed by atoms with Crippen LogP contribution >= 0.6 is 0 Å². The molecule has 19 heavy (non-hydrogen) atoms. The van der Waals surface area contributed by atoms with Gasteiger partial charge in [-0.2, -0.15) is 0 Å². The maximum Gasteiger partial charge on any atom is 0.293 e.